The molecule has 1 rings (SSSR count). The van der Waals surface area contributed by atoms with Crippen LogP contribution in [0.15, 0.2) is 29.2 Å². The first-order chi connectivity index (χ1) is 9.93. The normalized spacial score (nSPS) is 13.4. The summed E-state index contributed by atoms with van der Waals surface area (Å²) in [6, 6.07) is 6.51. The van der Waals surface area contributed by atoms with Gasteiger partial charge in [0.1, 0.15) is 12.4 Å². The summed E-state index contributed by atoms with van der Waals surface area (Å²) in [5, 5.41) is 2.98. The van der Waals surface area contributed by atoms with Gasteiger partial charge in [0.25, 0.3) is 0 Å². The Morgan fingerprint density at radius 2 is 1.95 bits per heavy atom. The molecule has 0 heterocycles. The highest BCUT2D eigenvalue weighted by Crippen LogP contribution is 2.21. The van der Waals surface area contributed by atoms with E-state index in [0.717, 1.165) is 12.3 Å². The lowest BCUT2D eigenvalue weighted by Crippen LogP contribution is -2.36. The second-order valence-corrected chi connectivity index (χ2v) is 7.66. The number of ether oxygens (including phenoxy) is 1. The summed E-state index contributed by atoms with van der Waals surface area (Å²) in [6.07, 6.45) is 1.97. The molecular weight excluding hydrogens is 308 g/mol. The van der Waals surface area contributed by atoms with Gasteiger partial charge in [-0.15, -0.1) is 0 Å². The number of nitrogens with one attached hydrogen (secondary N) is 1. The van der Waals surface area contributed by atoms with E-state index < -0.39 is 10.0 Å². The summed E-state index contributed by atoms with van der Waals surface area (Å²) in [5.74, 6) is 1.44. The maximum absolute atomic E-state index is 12.5. The van der Waals surface area contributed by atoms with Crippen LogP contribution in [-0.2, 0) is 10.0 Å². The van der Waals surface area contributed by atoms with Crippen LogP contribution >= 0.6 is 11.8 Å². The summed E-state index contributed by atoms with van der Waals surface area (Å²) in [5.41, 5.74) is 0. The molecule has 0 amide bonds. The molecule has 0 saturated heterocycles. The first-order valence-electron chi connectivity index (χ1n) is 6.78. The number of likely N-dealkylation sites (N-methyl/N-ethyl adjacent to an activating group) is 1. The zero-order valence-electron chi connectivity index (χ0n) is 13.0. The van der Waals surface area contributed by atoms with E-state index in [-0.39, 0.29) is 6.04 Å². The monoisotopic (exact) mass is 332 g/mol. The molecule has 0 aliphatic carbocycles. The van der Waals surface area contributed by atoms with Gasteiger partial charge in [-0.25, -0.2) is 8.42 Å². The van der Waals surface area contributed by atoms with Crippen LogP contribution in [0.5, 0.6) is 5.75 Å². The molecule has 0 radical (unpaired) electrons. The van der Waals surface area contributed by atoms with Gasteiger partial charge in [0.2, 0.25) is 10.0 Å². The molecule has 5 nitrogen and oxygen atoms in total. The predicted molar refractivity (Wildman–Crippen MR) is 88.7 cm³/mol. The largest absolute Gasteiger partial charge is 0.492 e. The highest BCUT2D eigenvalue weighted by atomic mass is 32.2. The smallest absolute Gasteiger partial charge is 0.243 e. The maximum atomic E-state index is 12.5. The quantitative estimate of drug-likeness (QED) is 0.697. The van der Waals surface area contributed by atoms with Crippen LogP contribution in [0, 0.1) is 0 Å². The molecule has 120 valence electrons. The van der Waals surface area contributed by atoms with Crippen LogP contribution in [0.25, 0.3) is 0 Å². The molecule has 1 atom stereocenters. The minimum Gasteiger partial charge on any atom is -0.492 e. The van der Waals surface area contributed by atoms with Crippen LogP contribution in [0.3, 0.4) is 0 Å². The number of sulfonamides is 1. The maximum Gasteiger partial charge on any atom is 0.243 e. The van der Waals surface area contributed by atoms with Crippen molar-refractivity contribution in [2.45, 2.75) is 17.9 Å². The third kappa shape index (κ3) is 5.18. The number of nitrogens with zero attached hydrogens (tertiary/aromatic N) is 1. The first kappa shape index (κ1) is 18.3. The summed E-state index contributed by atoms with van der Waals surface area (Å²) in [6.45, 7) is 3.20. The predicted octanol–water partition coefficient (Wildman–Crippen LogP) is 1.66. The molecule has 21 heavy (non-hydrogen) atoms. The summed E-state index contributed by atoms with van der Waals surface area (Å²) < 4.78 is 31.9. The van der Waals surface area contributed by atoms with E-state index in [2.05, 4.69) is 5.32 Å². The van der Waals surface area contributed by atoms with Gasteiger partial charge in [0.05, 0.1) is 4.90 Å². The van der Waals surface area contributed by atoms with E-state index in [4.69, 9.17) is 4.74 Å². The van der Waals surface area contributed by atoms with Gasteiger partial charge in [-0.3, -0.25) is 0 Å². The van der Waals surface area contributed by atoms with Crippen molar-refractivity contribution in [1.29, 1.82) is 0 Å². The molecule has 0 aliphatic rings. The minimum atomic E-state index is -3.45. The van der Waals surface area contributed by atoms with Crippen LogP contribution < -0.4 is 10.1 Å². The average Bonchev–Trinajstić information content (AvgIpc) is 2.47. The molecule has 0 saturated carbocycles. The number of thioether (sulfide) groups is 1. The van der Waals surface area contributed by atoms with Crippen molar-refractivity contribution in [2.75, 3.05) is 39.3 Å². The molecule has 0 spiro atoms. The summed E-state index contributed by atoms with van der Waals surface area (Å²) in [7, 11) is 0.0202. The number of hydrogen-bond donors (Lipinski definition) is 1. The van der Waals surface area contributed by atoms with Crippen LogP contribution in [0.1, 0.15) is 6.92 Å². The highest BCUT2D eigenvalue weighted by Gasteiger charge is 2.24. The van der Waals surface area contributed by atoms with E-state index in [1.807, 2.05) is 20.2 Å². The molecule has 0 aromatic heterocycles. The average molecular weight is 332 g/mol. The molecule has 1 N–H and O–H groups in total. The van der Waals surface area contributed by atoms with Gasteiger partial charge in [-0.05, 0) is 44.5 Å². The third-order valence-corrected chi connectivity index (χ3v) is 5.95. The van der Waals surface area contributed by atoms with E-state index in [0.29, 0.717) is 17.3 Å². The van der Waals surface area contributed by atoms with Gasteiger partial charge in [-0.2, -0.15) is 16.1 Å². The van der Waals surface area contributed by atoms with Crippen molar-refractivity contribution in [1.82, 2.24) is 9.62 Å². The lowest BCUT2D eigenvalue weighted by atomic mass is 10.3. The van der Waals surface area contributed by atoms with Gasteiger partial charge in [-0.1, -0.05) is 0 Å². The third-order valence-electron chi connectivity index (χ3n) is 3.15. The van der Waals surface area contributed by atoms with Crippen LogP contribution in [-0.4, -0.2) is 58.0 Å². The fourth-order valence-corrected chi connectivity index (χ4v) is 3.89. The number of rotatable bonds is 9. The lowest BCUT2D eigenvalue weighted by Gasteiger charge is -2.23. The molecule has 7 heteroatoms. The Balaban J connectivity index is 2.79. The second-order valence-electron chi connectivity index (χ2n) is 4.75. The molecule has 1 aromatic rings. The Morgan fingerprint density at radius 3 is 2.48 bits per heavy atom. The summed E-state index contributed by atoms with van der Waals surface area (Å²) >= 11 is 1.63. The molecule has 0 fully saturated rings. The number of benzene rings is 1. The topological polar surface area (TPSA) is 58.6 Å². The zero-order valence-corrected chi connectivity index (χ0v) is 14.6. The Hall–Kier alpha value is -0.760. The van der Waals surface area contributed by atoms with E-state index in [1.54, 1.807) is 43.1 Å². The van der Waals surface area contributed by atoms with Crippen molar-refractivity contribution in [2.24, 2.45) is 0 Å². The molecule has 1 unspecified atom stereocenters. The molecule has 0 aliphatic heterocycles. The highest BCUT2D eigenvalue weighted by molar-refractivity contribution is 7.98. The number of hydrogen-bond acceptors (Lipinski definition) is 5. The second kappa shape index (κ2) is 8.63. The van der Waals surface area contributed by atoms with Gasteiger partial charge in [0.15, 0.2) is 0 Å². The lowest BCUT2D eigenvalue weighted by molar-refractivity contribution is 0.318. The Labute approximate surface area is 132 Å². The van der Waals surface area contributed by atoms with Crippen LogP contribution in [0.4, 0.5) is 0 Å². The van der Waals surface area contributed by atoms with Crippen LogP contribution in [0.2, 0.25) is 0 Å². The molecule has 0 bridgehead atoms. The van der Waals surface area contributed by atoms with Crippen molar-refractivity contribution in [3.8, 4) is 5.75 Å². The molecular formula is C14H24N2O3S2. The van der Waals surface area contributed by atoms with Gasteiger partial charge >= 0.3 is 0 Å². The van der Waals surface area contributed by atoms with Crippen molar-refractivity contribution >= 4 is 21.8 Å². The van der Waals surface area contributed by atoms with E-state index in [9.17, 15) is 8.42 Å². The Morgan fingerprint density at radius 1 is 1.33 bits per heavy atom. The Bertz CT molecular complexity index is 518. The van der Waals surface area contributed by atoms with E-state index in [1.165, 1.54) is 4.31 Å². The molecule has 1 aromatic carbocycles. The minimum absolute atomic E-state index is 0.0449. The van der Waals surface area contributed by atoms with Crippen molar-refractivity contribution in [3.63, 3.8) is 0 Å². The standard InChI is InChI=1S/C14H24N2O3S2/c1-12(11-20-4)16(3)21(17,18)14-7-5-13(6-8-14)19-10-9-15-2/h5-8,12,15H,9-11H2,1-4H3. The van der Waals surface area contributed by atoms with Gasteiger partial charge in [0, 0.05) is 25.4 Å². The van der Waals surface area contributed by atoms with Crippen molar-refractivity contribution in [3.05, 3.63) is 24.3 Å². The zero-order chi connectivity index (χ0) is 15.9. The fraction of sp³-hybridized carbons (Fsp3) is 0.571. The van der Waals surface area contributed by atoms with Crippen molar-refractivity contribution < 1.29 is 13.2 Å². The SMILES string of the molecule is CNCCOc1ccc(S(=O)(=O)N(C)C(C)CSC)cc1. The van der Waals surface area contributed by atoms with E-state index >= 15 is 0 Å². The summed E-state index contributed by atoms with van der Waals surface area (Å²) in [4.78, 5) is 0.291. The fourth-order valence-electron chi connectivity index (χ4n) is 1.73. The van der Waals surface area contributed by atoms with Gasteiger partial charge < -0.3 is 10.1 Å². The first-order valence-corrected chi connectivity index (χ1v) is 9.61. The Kier molecular flexibility index (Phi) is 7.51.